The van der Waals surface area contributed by atoms with Crippen molar-refractivity contribution in [3.05, 3.63) is 87.9 Å². The van der Waals surface area contributed by atoms with E-state index in [4.69, 9.17) is 14.2 Å². The molecule has 10 nitrogen and oxygen atoms in total. The van der Waals surface area contributed by atoms with Crippen LogP contribution in [0.25, 0.3) is 11.3 Å². The molecule has 0 atom stereocenters. The maximum atomic E-state index is 12.8. The van der Waals surface area contributed by atoms with E-state index >= 15 is 0 Å². The maximum absolute atomic E-state index is 12.8. The van der Waals surface area contributed by atoms with E-state index in [9.17, 15) is 14.4 Å². The summed E-state index contributed by atoms with van der Waals surface area (Å²) in [7, 11) is 2.48. The molecule has 0 saturated heterocycles. The van der Waals surface area contributed by atoms with Gasteiger partial charge < -0.3 is 24.4 Å². The second-order valence-corrected chi connectivity index (χ2v) is 7.59. The second kappa shape index (κ2) is 10.7. The number of aromatic amines is 1. The van der Waals surface area contributed by atoms with E-state index < -0.39 is 11.9 Å². The Morgan fingerprint density at radius 3 is 2.51 bits per heavy atom. The predicted octanol–water partition coefficient (Wildman–Crippen LogP) is 2.44. The number of hydrogen-bond acceptors (Lipinski definition) is 9. The molecule has 2 aromatic carbocycles. The molecular weight excluding hydrogens is 452 g/mol. The van der Waals surface area contributed by atoms with E-state index in [1.165, 1.54) is 20.3 Å². The number of H-pyrrole nitrogens is 1. The molecule has 35 heavy (non-hydrogen) atoms. The zero-order chi connectivity index (χ0) is 24.8. The fourth-order valence-electron chi connectivity index (χ4n) is 3.70. The molecule has 1 aliphatic heterocycles. The number of hydrogen-bond donors (Lipinski definition) is 2. The van der Waals surface area contributed by atoms with Gasteiger partial charge in [0, 0.05) is 18.2 Å². The van der Waals surface area contributed by atoms with Crippen molar-refractivity contribution >= 4 is 23.3 Å². The SMILES string of the molecule is COC(=O)C1=C(C(=O)OC)N(c2cc(-c3ccc(=O)[nH]n3)ccc2NCc2ccccc2)COC1. The van der Waals surface area contributed by atoms with Crippen molar-refractivity contribution in [2.75, 3.05) is 37.8 Å². The molecule has 0 spiro atoms. The van der Waals surface area contributed by atoms with Gasteiger partial charge in [0.05, 0.1) is 43.5 Å². The summed E-state index contributed by atoms with van der Waals surface area (Å²) >= 11 is 0. The number of rotatable bonds is 7. The van der Waals surface area contributed by atoms with Gasteiger partial charge in [-0.05, 0) is 23.8 Å². The summed E-state index contributed by atoms with van der Waals surface area (Å²) in [6.07, 6.45) is 0. The van der Waals surface area contributed by atoms with E-state index in [1.54, 1.807) is 17.0 Å². The van der Waals surface area contributed by atoms with E-state index in [1.807, 2.05) is 42.5 Å². The molecule has 0 amide bonds. The minimum absolute atomic E-state index is 0.00650. The second-order valence-electron chi connectivity index (χ2n) is 7.59. The highest BCUT2D eigenvalue weighted by atomic mass is 16.5. The van der Waals surface area contributed by atoms with Gasteiger partial charge in [-0.1, -0.05) is 36.4 Å². The Balaban J connectivity index is 1.83. The Labute approximate surface area is 201 Å². The summed E-state index contributed by atoms with van der Waals surface area (Å²) in [4.78, 5) is 38.3. The van der Waals surface area contributed by atoms with Gasteiger partial charge in [-0.3, -0.25) is 4.79 Å². The number of anilines is 2. The molecule has 0 unspecified atom stereocenters. The molecule has 4 rings (SSSR count). The zero-order valence-electron chi connectivity index (χ0n) is 19.2. The zero-order valence-corrected chi connectivity index (χ0v) is 19.2. The minimum atomic E-state index is -0.699. The molecule has 0 aliphatic carbocycles. The van der Waals surface area contributed by atoms with Crippen LogP contribution >= 0.6 is 0 Å². The first-order valence-electron chi connectivity index (χ1n) is 10.7. The number of methoxy groups -OCH3 is 2. The third kappa shape index (κ3) is 5.22. The Bertz CT molecular complexity index is 1300. The van der Waals surface area contributed by atoms with Crippen molar-refractivity contribution in [2.45, 2.75) is 6.54 Å². The summed E-state index contributed by atoms with van der Waals surface area (Å²) in [6.45, 7) is 0.412. The molecule has 3 aromatic rings. The van der Waals surface area contributed by atoms with Gasteiger partial charge in [0.25, 0.3) is 5.56 Å². The number of ether oxygens (including phenoxy) is 3. The molecular formula is C25H24N4O6. The van der Waals surface area contributed by atoms with Crippen LogP contribution in [0.4, 0.5) is 11.4 Å². The lowest BCUT2D eigenvalue weighted by Gasteiger charge is -2.33. The highest BCUT2D eigenvalue weighted by molar-refractivity contribution is 6.04. The molecule has 2 N–H and O–H groups in total. The van der Waals surface area contributed by atoms with Crippen molar-refractivity contribution < 1.29 is 23.8 Å². The van der Waals surface area contributed by atoms with Crippen LogP contribution in [0, 0.1) is 0 Å². The van der Waals surface area contributed by atoms with E-state index in [2.05, 4.69) is 15.5 Å². The van der Waals surface area contributed by atoms with Crippen LogP contribution in [0.15, 0.2) is 76.7 Å². The summed E-state index contributed by atoms with van der Waals surface area (Å²) in [6, 6.07) is 18.3. The van der Waals surface area contributed by atoms with Crippen molar-refractivity contribution in [1.82, 2.24) is 10.2 Å². The molecule has 1 aliphatic rings. The third-order valence-electron chi connectivity index (χ3n) is 5.42. The van der Waals surface area contributed by atoms with Crippen LogP contribution in [0.5, 0.6) is 0 Å². The quantitative estimate of drug-likeness (QED) is 0.495. The van der Waals surface area contributed by atoms with Crippen LogP contribution in [0.3, 0.4) is 0 Å². The first-order chi connectivity index (χ1) is 17.0. The minimum Gasteiger partial charge on any atom is -0.466 e. The van der Waals surface area contributed by atoms with Crippen molar-refractivity contribution in [3.8, 4) is 11.3 Å². The predicted molar refractivity (Wildman–Crippen MR) is 128 cm³/mol. The lowest BCUT2D eigenvalue weighted by molar-refractivity contribution is -0.140. The highest BCUT2D eigenvalue weighted by Crippen LogP contribution is 2.36. The van der Waals surface area contributed by atoms with E-state index in [0.717, 1.165) is 5.56 Å². The van der Waals surface area contributed by atoms with Gasteiger partial charge in [-0.2, -0.15) is 5.10 Å². The van der Waals surface area contributed by atoms with Gasteiger partial charge in [0.2, 0.25) is 0 Å². The highest BCUT2D eigenvalue weighted by Gasteiger charge is 2.33. The summed E-state index contributed by atoms with van der Waals surface area (Å²) < 4.78 is 15.5. The van der Waals surface area contributed by atoms with E-state index in [0.29, 0.717) is 29.2 Å². The fraction of sp³-hybridized carbons (Fsp3) is 0.200. The monoisotopic (exact) mass is 476 g/mol. The summed E-state index contributed by atoms with van der Waals surface area (Å²) in [5, 5.41) is 9.90. The largest absolute Gasteiger partial charge is 0.466 e. The third-order valence-corrected chi connectivity index (χ3v) is 5.42. The fourth-order valence-corrected chi connectivity index (χ4v) is 3.70. The van der Waals surface area contributed by atoms with Crippen molar-refractivity contribution in [2.24, 2.45) is 0 Å². The summed E-state index contributed by atoms with van der Waals surface area (Å²) in [5.74, 6) is -1.39. The van der Waals surface area contributed by atoms with Crippen LogP contribution in [-0.2, 0) is 30.3 Å². The number of aromatic nitrogens is 2. The lowest BCUT2D eigenvalue weighted by Crippen LogP contribution is -2.39. The number of esters is 2. The Hall–Kier alpha value is -4.44. The Kier molecular flexibility index (Phi) is 7.22. The Morgan fingerprint density at radius 1 is 1.06 bits per heavy atom. The smallest absolute Gasteiger partial charge is 0.355 e. The maximum Gasteiger partial charge on any atom is 0.355 e. The number of nitrogens with zero attached hydrogens (tertiary/aromatic N) is 2. The topological polar surface area (TPSA) is 123 Å². The number of carbonyl (C=O) groups excluding carboxylic acids is 2. The lowest BCUT2D eigenvalue weighted by atomic mass is 10.1. The first-order valence-corrected chi connectivity index (χ1v) is 10.7. The van der Waals surface area contributed by atoms with Crippen molar-refractivity contribution in [1.29, 1.82) is 0 Å². The average molecular weight is 476 g/mol. The van der Waals surface area contributed by atoms with Gasteiger partial charge in [0.1, 0.15) is 12.4 Å². The molecule has 0 fully saturated rings. The summed E-state index contributed by atoms with van der Waals surface area (Å²) in [5.41, 5.74) is 3.24. The molecule has 0 bridgehead atoms. The van der Waals surface area contributed by atoms with Gasteiger partial charge in [-0.25, -0.2) is 14.7 Å². The molecule has 10 heteroatoms. The van der Waals surface area contributed by atoms with Crippen LogP contribution in [0.1, 0.15) is 5.56 Å². The normalized spacial score (nSPS) is 13.4. The van der Waals surface area contributed by atoms with Gasteiger partial charge >= 0.3 is 11.9 Å². The van der Waals surface area contributed by atoms with Gasteiger partial charge in [-0.15, -0.1) is 0 Å². The van der Waals surface area contributed by atoms with Crippen LogP contribution < -0.4 is 15.8 Å². The molecule has 180 valence electrons. The number of nitrogens with one attached hydrogen (secondary N) is 2. The first kappa shape index (κ1) is 23.7. The molecule has 1 aromatic heterocycles. The number of benzene rings is 2. The Morgan fingerprint density at radius 2 is 1.83 bits per heavy atom. The van der Waals surface area contributed by atoms with Crippen molar-refractivity contribution in [3.63, 3.8) is 0 Å². The van der Waals surface area contributed by atoms with Crippen LogP contribution in [-0.4, -0.2) is 49.7 Å². The number of carbonyl (C=O) groups is 2. The average Bonchev–Trinajstić information content (AvgIpc) is 2.91. The molecule has 2 heterocycles. The molecule has 0 radical (unpaired) electrons. The van der Waals surface area contributed by atoms with Crippen LogP contribution in [0.2, 0.25) is 0 Å². The van der Waals surface area contributed by atoms with E-state index in [-0.39, 0.29) is 30.2 Å². The standard InChI is InChI=1S/C25H24N4O6/c1-33-24(31)18-14-35-15-29(23(18)25(32)34-2)21-12-17(19-10-11-22(30)28-27-19)8-9-20(21)26-13-16-6-4-3-5-7-16/h3-12,26H,13-15H2,1-2H3,(H,28,30). The van der Waals surface area contributed by atoms with Gasteiger partial charge in [0.15, 0.2) is 0 Å². The molecule has 0 saturated carbocycles.